The van der Waals surface area contributed by atoms with E-state index in [0.29, 0.717) is 5.92 Å². The predicted octanol–water partition coefficient (Wildman–Crippen LogP) is 3.44. The average Bonchev–Trinajstić information content (AvgIpc) is 2.38. The molecular formula is C16H24FNO. The highest BCUT2D eigenvalue weighted by molar-refractivity contribution is 5.19. The number of hydrogen-bond donors (Lipinski definition) is 2. The number of halogens is 1. The highest BCUT2D eigenvalue weighted by Gasteiger charge is 2.20. The SMILES string of the molecule is C=CCC(C)C(C)NC(C)C(O)c1ccc(F)cc1. The van der Waals surface area contributed by atoms with Crippen molar-refractivity contribution in [3.63, 3.8) is 0 Å². The maximum Gasteiger partial charge on any atom is 0.123 e. The van der Waals surface area contributed by atoms with Gasteiger partial charge in [-0.15, -0.1) is 6.58 Å². The summed E-state index contributed by atoms with van der Waals surface area (Å²) >= 11 is 0. The molecule has 3 heteroatoms. The normalized spacial score (nSPS) is 17.5. The van der Waals surface area contributed by atoms with E-state index in [-0.39, 0.29) is 17.9 Å². The molecule has 1 aromatic carbocycles. The quantitative estimate of drug-likeness (QED) is 0.740. The molecule has 4 atom stereocenters. The van der Waals surface area contributed by atoms with Crippen molar-refractivity contribution in [2.45, 2.75) is 45.4 Å². The van der Waals surface area contributed by atoms with Gasteiger partial charge in [-0.05, 0) is 43.9 Å². The molecule has 0 amide bonds. The first-order chi connectivity index (χ1) is 8.95. The van der Waals surface area contributed by atoms with Gasteiger partial charge in [0.1, 0.15) is 5.82 Å². The largest absolute Gasteiger partial charge is 0.387 e. The Morgan fingerprint density at radius 2 is 1.79 bits per heavy atom. The maximum atomic E-state index is 12.8. The van der Waals surface area contributed by atoms with Crippen molar-refractivity contribution >= 4 is 0 Å². The van der Waals surface area contributed by atoms with Gasteiger partial charge in [0.05, 0.1) is 6.10 Å². The smallest absolute Gasteiger partial charge is 0.123 e. The summed E-state index contributed by atoms with van der Waals surface area (Å²) in [6, 6.07) is 6.17. The van der Waals surface area contributed by atoms with Crippen LogP contribution in [0.5, 0.6) is 0 Å². The predicted molar refractivity (Wildman–Crippen MR) is 77.4 cm³/mol. The molecule has 0 saturated heterocycles. The Labute approximate surface area is 115 Å². The molecule has 0 aromatic heterocycles. The number of hydrogen-bond acceptors (Lipinski definition) is 2. The molecule has 0 bridgehead atoms. The Hall–Kier alpha value is -1.19. The summed E-state index contributed by atoms with van der Waals surface area (Å²) in [6.07, 6.45) is 2.20. The monoisotopic (exact) mass is 265 g/mol. The van der Waals surface area contributed by atoms with Crippen LogP contribution in [0.1, 0.15) is 38.9 Å². The minimum atomic E-state index is -0.640. The van der Waals surface area contributed by atoms with E-state index in [2.05, 4.69) is 25.7 Å². The Morgan fingerprint density at radius 1 is 1.21 bits per heavy atom. The number of aliphatic hydroxyl groups excluding tert-OH is 1. The van der Waals surface area contributed by atoms with E-state index in [1.54, 1.807) is 12.1 Å². The summed E-state index contributed by atoms with van der Waals surface area (Å²) in [5.74, 6) is 0.171. The number of aliphatic hydroxyl groups is 1. The minimum Gasteiger partial charge on any atom is -0.387 e. The fourth-order valence-electron chi connectivity index (χ4n) is 2.09. The molecule has 0 fully saturated rings. The second-order valence-corrected chi connectivity index (χ2v) is 5.24. The molecule has 0 saturated carbocycles. The molecule has 0 spiro atoms. The van der Waals surface area contributed by atoms with Gasteiger partial charge in [0, 0.05) is 12.1 Å². The first-order valence-corrected chi connectivity index (χ1v) is 6.76. The lowest BCUT2D eigenvalue weighted by molar-refractivity contribution is 0.125. The van der Waals surface area contributed by atoms with Gasteiger partial charge in [-0.2, -0.15) is 0 Å². The molecule has 1 rings (SSSR count). The van der Waals surface area contributed by atoms with E-state index in [9.17, 15) is 9.50 Å². The third-order valence-corrected chi connectivity index (χ3v) is 3.60. The van der Waals surface area contributed by atoms with Crippen LogP contribution in [0.25, 0.3) is 0 Å². The standard InChI is InChI=1S/C16H24FNO/c1-5-6-11(2)12(3)18-13(4)16(19)14-7-9-15(17)10-8-14/h5,7-13,16,18-19H,1,6H2,2-4H3. The molecule has 0 radical (unpaired) electrons. The molecule has 1 aromatic rings. The van der Waals surface area contributed by atoms with Crippen LogP contribution >= 0.6 is 0 Å². The molecule has 2 nitrogen and oxygen atoms in total. The van der Waals surface area contributed by atoms with Crippen LogP contribution in [0.3, 0.4) is 0 Å². The molecular weight excluding hydrogens is 241 g/mol. The van der Waals surface area contributed by atoms with E-state index < -0.39 is 6.10 Å². The molecule has 2 N–H and O–H groups in total. The number of benzene rings is 1. The first-order valence-electron chi connectivity index (χ1n) is 6.76. The minimum absolute atomic E-state index is 0.0901. The first kappa shape index (κ1) is 15.9. The van der Waals surface area contributed by atoms with Crippen molar-refractivity contribution in [3.05, 3.63) is 48.3 Å². The maximum absolute atomic E-state index is 12.8. The number of rotatable bonds is 7. The third kappa shape index (κ3) is 4.77. The lowest BCUT2D eigenvalue weighted by atomic mass is 9.97. The molecule has 106 valence electrons. The summed E-state index contributed by atoms with van der Waals surface area (Å²) in [6.45, 7) is 9.92. The van der Waals surface area contributed by atoms with Gasteiger partial charge < -0.3 is 10.4 Å². The van der Waals surface area contributed by atoms with Gasteiger partial charge in [-0.25, -0.2) is 4.39 Å². The van der Waals surface area contributed by atoms with E-state index in [0.717, 1.165) is 12.0 Å². The third-order valence-electron chi connectivity index (χ3n) is 3.60. The number of allylic oxidation sites excluding steroid dienone is 1. The van der Waals surface area contributed by atoms with Crippen molar-refractivity contribution in [1.29, 1.82) is 0 Å². The van der Waals surface area contributed by atoms with Crippen LogP contribution in [-0.2, 0) is 0 Å². The van der Waals surface area contributed by atoms with Crippen LogP contribution in [0.4, 0.5) is 4.39 Å². The van der Waals surface area contributed by atoms with E-state index in [1.165, 1.54) is 12.1 Å². The highest BCUT2D eigenvalue weighted by atomic mass is 19.1. The van der Waals surface area contributed by atoms with Crippen molar-refractivity contribution in [1.82, 2.24) is 5.32 Å². The van der Waals surface area contributed by atoms with Crippen molar-refractivity contribution in [3.8, 4) is 0 Å². The zero-order valence-electron chi connectivity index (χ0n) is 11.9. The summed E-state index contributed by atoms with van der Waals surface area (Å²) < 4.78 is 12.8. The lowest BCUT2D eigenvalue weighted by Crippen LogP contribution is -2.41. The van der Waals surface area contributed by atoms with Gasteiger partial charge in [0.2, 0.25) is 0 Å². The van der Waals surface area contributed by atoms with Crippen LogP contribution in [0.15, 0.2) is 36.9 Å². The van der Waals surface area contributed by atoms with Crippen molar-refractivity contribution in [2.24, 2.45) is 5.92 Å². The van der Waals surface area contributed by atoms with Gasteiger partial charge in [-0.3, -0.25) is 0 Å². The second kappa shape index (κ2) is 7.41. The molecule has 0 aliphatic heterocycles. The Morgan fingerprint density at radius 3 is 2.32 bits per heavy atom. The summed E-state index contributed by atoms with van der Waals surface area (Å²) in [5.41, 5.74) is 0.727. The molecule has 4 unspecified atom stereocenters. The van der Waals surface area contributed by atoms with Gasteiger partial charge in [-0.1, -0.05) is 25.1 Å². The summed E-state index contributed by atoms with van der Waals surface area (Å²) in [4.78, 5) is 0. The van der Waals surface area contributed by atoms with E-state index in [1.807, 2.05) is 13.0 Å². The van der Waals surface area contributed by atoms with Crippen molar-refractivity contribution in [2.75, 3.05) is 0 Å². The molecule has 0 aliphatic rings. The summed E-state index contributed by atoms with van der Waals surface area (Å²) in [5, 5.41) is 13.6. The fraction of sp³-hybridized carbons (Fsp3) is 0.500. The van der Waals surface area contributed by atoms with Gasteiger partial charge >= 0.3 is 0 Å². The second-order valence-electron chi connectivity index (χ2n) is 5.24. The highest BCUT2D eigenvalue weighted by Crippen LogP contribution is 2.19. The van der Waals surface area contributed by atoms with Crippen LogP contribution in [-0.4, -0.2) is 17.2 Å². The van der Waals surface area contributed by atoms with Crippen LogP contribution in [0, 0.1) is 11.7 Å². The number of nitrogens with one attached hydrogen (secondary N) is 1. The summed E-state index contributed by atoms with van der Waals surface area (Å²) in [7, 11) is 0. The molecule has 0 aliphatic carbocycles. The zero-order valence-corrected chi connectivity index (χ0v) is 11.9. The van der Waals surface area contributed by atoms with Crippen LogP contribution < -0.4 is 5.32 Å². The van der Waals surface area contributed by atoms with Crippen LogP contribution in [0.2, 0.25) is 0 Å². The van der Waals surface area contributed by atoms with Gasteiger partial charge in [0.25, 0.3) is 0 Å². The Bertz CT molecular complexity index is 390. The Kier molecular flexibility index (Phi) is 6.19. The average molecular weight is 265 g/mol. The van der Waals surface area contributed by atoms with E-state index in [4.69, 9.17) is 0 Å². The zero-order chi connectivity index (χ0) is 14.4. The van der Waals surface area contributed by atoms with E-state index >= 15 is 0 Å². The fourth-order valence-corrected chi connectivity index (χ4v) is 2.09. The van der Waals surface area contributed by atoms with Gasteiger partial charge in [0.15, 0.2) is 0 Å². The molecule has 0 heterocycles. The van der Waals surface area contributed by atoms with Crippen molar-refractivity contribution < 1.29 is 9.50 Å². The molecule has 19 heavy (non-hydrogen) atoms. The topological polar surface area (TPSA) is 32.3 Å². The lowest BCUT2D eigenvalue weighted by Gasteiger charge is -2.28. The Balaban J connectivity index is 2.59.